The highest BCUT2D eigenvalue weighted by atomic mass is 16.3. The van der Waals surface area contributed by atoms with Gasteiger partial charge in [-0.2, -0.15) is 0 Å². The van der Waals surface area contributed by atoms with Gasteiger partial charge in [-0.05, 0) is 38.1 Å². The number of carbonyl (C=O) groups is 1. The Morgan fingerprint density at radius 1 is 1.22 bits per heavy atom. The van der Waals surface area contributed by atoms with Crippen LogP contribution in [0.2, 0.25) is 0 Å². The molecule has 3 heteroatoms. The number of rotatable bonds is 3. The van der Waals surface area contributed by atoms with Gasteiger partial charge in [0.05, 0.1) is 12.3 Å². The van der Waals surface area contributed by atoms with Crippen molar-refractivity contribution < 1.29 is 9.21 Å². The number of hydrogen-bond acceptors (Lipinski definition) is 2. The summed E-state index contributed by atoms with van der Waals surface area (Å²) in [5.74, 6) is 0.789. The van der Waals surface area contributed by atoms with Crippen LogP contribution in [0.3, 0.4) is 0 Å². The third kappa shape index (κ3) is 2.45. The van der Waals surface area contributed by atoms with Gasteiger partial charge in [0.15, 0.2) is 0 Å². The molecule has 2 rings (SSSR count). The molecule has 0 aliphatic heterocycles. The largest absolute Gasteiger partial charge is 0.467 e. The fourth-order valence-corrected chi connectivity index (χ4v) is 1.80. The third-order valence-corrected chi connectivity index (χ3v) is 3.15. The van der Waals surface area contributed by atoms with Gasteiger partial charge in [0.1, 0.15) is 5.76 Å². The summed E-state index contributed by atoms with van der Waals surface area (Å²) in [6.07, 6.45) is 1.62. The summed E-state index contributed by atoms with van der Waals surface area (Å²) in [5, 5.41) is 0. The highest BCUT2D eigenvalue weighted by Crippen LogP contribution is 2.21. The Bertz CT molecular complexity index is 514. The molecule has 1 amide bonds. The number of hydrogen-bond donors (Lipinski definition) is 0. The Hall–Kier alpha value is -2.03. The van der Waals surface area contributed by atoms with Crippen molar-refractivity contribution in [3.8, 4) is 0 Å². The van der Waals surface area contributed by atoms with Gasteiger partial charge in [0.25, 0.3) is 5.91 Å². The van der Waals surface area contributed by atoms with Gasteiger partial charge in [-0.15, -0.1) is 0 Å². The maximum atomic E-state index is 12.3. The Labute approximate surface area is 107 Å². The quantitative estimate of drug-likeness (QED) is 0.827. The lowest BCUT2D eigenvalue weighted by Gasteiger charge is -2.23. The van der Waals surface area contributed by atoms with E-state index in [-0.39, 0.29) is 11.9 Å². The van der Waals surface area contributed by atoms with Gasteiger partial charge in [0, 0.05) is 12.6 Å². The zero-order valence-electron chi connectivity index (χ0n) is 10.9. The van der Waals surface area contributed by atoms with E-state index in [2.05, 4.69) is 0 Å². The molecule has 0 bridgehead atoms. The molecule has 2 aromatic rings. The lowest BCUT2D eigenvalue weighted by molar-refractivity contribution is 0.0726. The molecule has 0 saturated heterocycles. The normalized spacial score (nSPS) is 12.2. The van der Waals surface area contributed by atoms with E-state index in [9.17, 15) is 4.79 Å². The number of amides is 1. The van der Waals surface area contributed by atoms with Crippen LogP contribution in [-0.2, 0) is 0 Å². The molecule has 0 aliphatic carbocycles. The molecule has 0 fully saturated rings. The van der Waals surface area contributed by atoms with E-state index in [0.717, 1.165) is 11.3 Å². The molecule has 0 radical (unpaired) electrons. The number of carbonyl (C=O) groups excluding carboxylic acids is 1. The maximum absolute atomic E-state index is 12.3. The molecule has 94 valence electrons. The van der Waals surface area contributed by atoms with Gasteiger partial charge < -0.3 is 9.32 Å². The van der Waals surface area contributed by atoms with Crippen LogP contribution in [0.25, 0.3) is 0 Å². The molecule has 0 spiro atoms. The molecule has 0 aliphatic rings. The molecule has 0 N–H and O–H groups in total. The second kappa shape index (κ2) is 5.08. The molecule has 18 heavy (non-hydrogen) atoms. The van der Waals surface area contributed by atoms with E-state index >= 15 is 0 Å². The molecule has 1 unspecified atom stereocenters. The third-order valence-electron chi connectivity index (χ3n) is 3.15. The van der Waals surface area contributed by atoms with Crippen LogP contribution in [-0.4, -0.2) is 17.9 Å². The van der Waals surface area contributed by atoms with Gasteiger partial charge >= 0.3 is 0 Å². The van der Waals surface area contributed by atoms with Crippen molar-refractivity contribution in [2.75, 3.05) is 7.05 Å². The first-order chi connectivity index (χ1) is 8.59. The molecule has 1 aromatic carbocycles. The van der Waals surface area contributed by atoms with E-state index in [1.165, 1.54) is 0 Å². The van der Waals surface area contributed by atoms with Crippen molar-refractivity contribution in [2.45, 2.75) is 19.9 Å². The lowest BCUT2D eigenvalue weighted by Crippen LogP contribution is -2.29. The van der Waals surface area contributed by atoms with Crippen LogP contribution in [0, 0.1) is 6.92 Å². The molecule has 0 saturated carbocycles. The van der Waals surface area contributed by atoms with Gasteiger partial charge in [0.2, 0.25) is 0 Å². The van der Waals surface area contributed by atoms with Crippen LogP contribution >= 0.6 is 0 Å². The molecule has 1 atom stereocenters. The zero-order valence-corrected chi connectivity index (χ0v) is 10.9. The summed E-state index contributed by atoms with van der Waals surface area (Å²) >= 11 is 0. The van der Waals surface area contributed by atoms with E-state index < -0.39 is 0 Å². The predicted molar refractivity (Wildman–Crippen MR) is 70.4 cm³/mol. The van der Waals surface area contributed by atoms with Crippen molar-refractivity contribution in [1.82, 2.24) is 4.90 Å². The van der Waals surface area contributed by atoms with E-state index in [1.54, 1.807) is 18.2 Å². The highest BCUT2D eigenvalue weighted by molar-refractivity contribution is 5.94. The van der Waals surface area contributed by atoms with Gasteiger partial charge in [-0.3, -0.25) is 4.79 Å². The first-order valence-electron chi connectivity index (χ1n) is 5.97. The second-order valence-electron chi connectivity index (χ2n) is 4.47. The maximum Gasteiger partial charge on any atom is 0.254 e. The van der Waals surface area contributed by atoms with Crippen molar-refractivity contribution in [3.63, 3.8) is 0 Å². The van der Waals surface area contributed by atoms with Crippen molar-refractivity contribution >= 4 is 5.91 Å². The average Bonchev–Trinajstić information content (AvgIpc) is 2.91. The molecule has 1 heterocycles. The summed E-state index contributed by atoms with van der Waals surface area (Å²) in [4.78, 5) is 14.0. The Balaban J connectivity index is 2.16. The van der Waals surface area contributed by atoms with Crippen LogP contribution < -0.4 is 0 Å². The lowest BCUT2D eigenvalue weighted by atomic mass is 10.1. The summed E-state index contributed by atoms with van der Waals surface area (Å²) in [6, 6.07) is 11.2. The van der Waals surface area contributed by atoms with Crippen LogP contribution in [0.4, 0.5) is 0 Å². The molecule has 1 aromatic heterocycles. The number of benzene rings is 1. The minimum atomic E-state index is -0.0752. The number of aryl methyl sites for hydroxylation is 1. The Morgan fingerprint density at radius 2 is 1.89 bits per heavy atom. The minimum Gasteiger partial charge on any atom is -0.467 e. The number of nitrogens with zero attached hydrogens (tertiary/aromatic N) is 1. The first-order valence-corrected chi connectivity index (χ1v) is 5.97. The fourth-order valence-electron chi connectivity index (χ4n) is 1.80. The first kappa shape index (κ1) is 12.4. The summed E-state index contributed by atoms with van der Waals surface area (Å²) in [7, 11) is 1.79. The van der Waals surface area contributed by atoms with Crippen LogP contribution in [0.1, 0.15) is 34.6 Å². The molecular weight excluding hydrogens is 226 g/mol. The molecular formula is C15H17NO2. The highest BCUT2D eigenvalue weighted by Gasteiger charge is 2.20. The fraction of sp³-hybridized carbons (Fsp3) is 0.267. The SMILES string of the molecule is Cc1ccc(C(=O)N(C)C(C)c2ccco2)cc1. The monoisotopic (exact) mass is 243 g/mol. The van der Waals surface area contributed by atoms with Crippen LogP contribution in [0.15, 0.2) is 47.1 Å². The Kier molecular flexibility index (Phi) is 3.51. The van der Waals surface area contributed by atoms with Gasteiger partial charge in [-0.1, -0.05) is 17.7 Å². The van der Waals surface area contributed by atoms with Gasteiger partial charge in [-0.25, -0.2) is 0 Å². The minimum absolute atomic E-state index is 0.00102. The van der Waals surface area contributed by atoms with Crippen molar-refractivity contribution in [1.29, 1.82) is 0 Å². The Morgan fingerprint density at radius 3 is 2.44 bits per heavy atom. The van der Waals surface area contributed by atoms with E-state index in [4.69, 9.17) is 4.42 Å². The summed E-state index contributed by atoms with van der Waals surface area (Å²) in [5.41, 5.74) is 1.84. The number of furan rings is 1. The smallest absolute Gasteiger partial charge is 0.254 e. The van der Waals surface area contributed by atoms with Crippen molar-refractivity contribution in [2.24, 2.45) is 0 Å². The molecule has 3 nitrogen and oxygen atoms in total. The topological polar surface area (TPSA) is 33.5 Å². The van der Waals surface area contributed by atoms with Crippen molar-refractivity contribution in [3.05, 3.63) is 59.5 Å². The average molecular weight is 243 g/mol. The predicted octanol–water partition coefficient (Wildman–Crippen LogP) is 3.42. The second-order valence-corrected chi connectivity index (χ2v) is 4.47. The van der Waals surface area contributed by atoms with E-state index in [1.807, 2.05) is 50.2 Å². The summed E-state index contributed by atoms with van der Waals surface area (Å²) < 4.78 is 5.33. The van der Waals surface area contributed by atoms with E-state index in [0.29, 0.717) is 5.56 Å². The zero-order chi connectivity index (χ0) is 13.1. The summed E-state index contributed by atoms with van der Waals surface area (Å²) in [6.45, 7) is 3.95. The standard InChI is InChI=1S/C15H17NO2/c1-11-6-8-13(9-7-11)15(17)16(3)12(2)14-5-4-10-18-14/h4-10,12H,1-3H3. The van der Waals surface area contributed by atoms with Crippen LogP contribution in [0.5, 0.6) is 0 Å².